The predicted molar refractivity (Wildman–Crippen MR) is 128 cm³/mol. The van der Waals surface area contributed by atoms with Crippen molar-refractivity contribution in [3.05, 3.63) is 65.0 Å². The molecule has 0 bridgehead atoms. The monoisotopic (exact) mass is 503 g/mol. The number of hydrogen-bond acceptors (Lipinski definition) is 9. The Kier molecular flexibility index (Phi) is 6.63. The first kappa shape index (κ1) is 22.8. The molecule has 0 atom stereocenters. The van der Waals surface area contributed by atoms with Gasteiger partial charge in [-0.3, -0.25) is 4.72 Å². The van der Waals surface area contributed by atoms with Crippen LogP contribution < -0.4 is 19.5 Å². The van der Waals surface area contributed by atoms with Gasteiger partial charge in [-0.25, -0.2) is 13.4 Å². The second-order valence-corrected chi connectivity index (χ2v) is 9.56. The van der Waals surface area contributed by atoms with E-state index in [0.29, 0.717) is 15.8 Å². The number of aromatic nitrogens is 3. The molecule has 2 heterocycles. The zero-order valence-electron chi connectivity index (χ0n) is 17.4. The Bertz CT molecular complexity index is 1340. The molecule has 0 aliphatic heterocycles. The van der Waals surface area contributed by atoms with Crippen LogP contribution in [-0.4, -0.2) is 37.6 Å². The number of nitrogens with one attached hydrogen (secondary N) is 2. The van der Waals surface area contributed by atoms with E-state index in [-0.39, 0.29) is 22.6 Å². The molecule has 12 heteroatoms. The number of thiazole rings is 1. The number of benzene rings is 2. The summed E-state index contributed by atoms with van der Waals surface area (Å²) in [6, 6.07) is 15.0. The summed E-state index contributed by atoms with van der Waals surface area (Å²) in [4.78, 5) is 12.5. The van der Waals surface area contributed by atoms with Gasteiger partial charge in [0.2, 0.25) is 5.88 Å². The molecule has 0 unspecified atom stereocenters. The maximum atomic E-state index is 12.8. The van der Waals surface area contributed by atoms with E-state index in [1.807, 2.05) is 29.6 Å². The topological polar surface area (TPSA) is 115 Å². The molecule has 2 aromatic carbocycles. The van der Waals surface area contributed by atoms with Gasteiger partial charge in [0.25, 0.3) is 10.0 Å². The van der Waals surface area contributed by atoms with Gasteiger partial charge in [0, 0.05) is 27.7 Å². The van der Waals surface area contributed by atoms with Gasteiger partial charge in [-0.15, -0.1) is 11.3 Å². The number of methoxy groups -OCH3 is 2. The minimum atomic E-state index is -3.89. The lowest BCUT2D eigenvalue weighted by Gasteiger charge is -2.10. The van der Waals surface area contributed by atoms with Gasteiger partial charge in [0.1, 0.15) is 0 Å². The molecular weight excluding hydrogens is 486 g/mol. The molecule has 170 valence electrons. The van der Waals surface area contributed by atoms with Crippen LogP contribution in [0.5, 0.6) is 11.9 Å². The summed E-state index contributed by atoms with van der Waals surface area (Å²) in [7, 11) is -1.11. The maximum Gasteiger partial charge on any atom is 0.321 e. The zero-order chi connectivity index (χ0) is 23.4. The lowest BCUT2D eigenvalue weighted by molar-refractivity contribution is 0.353. The third-order valence-corrected chi connectivity index (χ3v) is 6.75. The minimum Gasteiger partial charge on any atom is -0.481 e. The van der Waals surface area contributed by atoms with Crippen molar-refractivity contribution in [3.63, 3.8) is 0 Å². The Hall–Kier alpha value is -3.41. The van der Waals surface area contributed by atoms with Crippen LogP contribution in [0.25, 0.3) is 11.3 Å². The smallest absolute Gasteiger partial charge is 0.321 e. The van der Waals surface area contributed by atoms with Gasteiger partial charge in [-0.05, 0) is 36.4 Å². The highest BCUT2D eigenvalue weighted by atomic mass is 35.5. The molecule has 0 spiro atoms. The highest BCUT2D eigenvalue weighted by molar-refractivity contribution is 7.92. The fraction of sp³-hybridized carbons (Fsp3) is 0.0952. The summed E-state index contributed by atoms with van der Waals surface area (Å²) < 4.78 is 37.9. The van der Waals surface area contributed by atoms with Gasteiger partial charge in [0.15, 0.2) is 10.9 Å². The van der Waals surface area contributed by atoms with E-state index in [0.717, 1.165) is 11.3 Å². The van der Waals surface area contributed by atoms with E-state index in [1.54, 1.807) is 12.1 Å². The second kappa shape index (κ2) is 9.61. The molecular formula is C21H18ClN5O4S2. The van der Waals surface area contributed by atoms with Crippen molar-refractivity contribution in [2.24, 2.45) is 0 Å². The lowest BCUT2D eigenvalue weighted by atomic mass is 10.2. The van der Waals surface area contributed by atoms with Crippen molar-refractivity contribution >= 4 is 49.6 Å². The summed E-state index contributed by atoms with van der Waals surface area (Å²) in [5.74, 6) is 0.193. The normalized spacial score (nSPS) is 11.1. The van der Waals surface area contributed by atoms with Crippen LogP contribution in [0, 0.1) is 0 Å². The van der Waals surface area contributed by atoms with Crippen LogP contribution in [0.15, 0.2) is 64.9 Å². The molecule has 0 amide bonds. The van der Waals surface area contributed by atoms with E-state index in [4.69, 9.17) is 21.1 Å². The van der Waals surface area contributed by atoms with Gasteiger partial charge < -0.3 is 14.8 Å². The maximum absolute atomic E-state index is 12.8. The Balaban J connectivity index is 1.47. The van der Waals surface area contributed by atoms with Crippen LogP contribution in [0.1, 0.15) is 0 Å². The molecule has 0 fully saturated rings. The van der Waals surface area contributed by atoms with Crippen molar-refractivity contribution < 1.29 is 17.9 Å². The molecule has 0 aliphatic carbocycles. The second-order valence-electron chi connectivity index (χ2n) is 6.58. The van der Waals surface area contributed by atoms with E-state index in [9.17, 15) is 8.42 Å². The lowest BCUT2D eigenvalue weighted by Crippen LogP contribution is -2.14. The van der Waals surface area contributed by atoms with Gasteiger partial charge in [-0.1, -0.05) is 23.7 Å². The molecule has 0 radical (unpaired) electrons. The third-order valence-electron chi connectivity index (χ3n) is 4.37. The first-order chi connectivity index (χ1) is 15.9. The predicted octanol–water partition coefficient (Wildman–Crippen LogP) is 4.82. The van der Waals surface area contributed by atoms with Crippen LogP contribution in [-0.2, 0) is 10.0 Å². The molecule has 33 heavy (non-hydrogen) atoms. The summed E-state index contributed by atoms with van der Waals surface area (Å²) >= 11 is 7.37. The van der Waals surface area contributed by atoms with Crippen molar-refractivity contribution in [3.8, 4) is 23.1 Å². The quantitative estimate of drug-likeness (QED) is 0.352. The standard InChI is InChI=1S/C21H18ClN5O4S2/c1-30-19-11-18(25-20(26-19)31-2)27-33(28,29)16-9-7-15(8-10-16)23-21-24-17(12-32-21)13-3-5-14(22)6-4-13/h3-12H,1-2H3,(H,23,24)(H,25,26,27). The number of anilines is 3. The zero-order valence-corrected chi connectivity index (χ0v) is 19.8. The average molecular weight is 504 g/mol. The number of sulfonamides is 1. The Morgan fingerprint density at radius 2 is 1.67 bits per heavy atom. The van der Waals surface area contributed by atoms with Crippen molar-refractivity contribution in [2.45, 2.75) is 4.90 Å². The van der Waals surface area contributed by atoms with Crippen molar-refractivity contribution in [2.75, 3.05) is 24.3 Å². The Morgan fingerprint density at radius 3 is 2.33 bits per heavy atom. The fourth-order valence-corrected chi connectivity index (χ4v) is 4.63. The van der Waals surface area contributed by atoms with Gasteiger partial charge in [0.05, 0.1) is 24.8 Å². The Morgan fingerprint density at radius 1 is 0.939 bits per heavy atom. The van der Waals surface area contributed by atoms with E-state index in [1.165, 1.54) is 43.8 Å². The van der Waals surface area contributed by atoms with Crippen LogP contribution in [0.4, 0.5) is 16.6 Å². The first-order valence-electron chi connectivity index (χ1n) is 9.45. The number of halogens is 1. The molecule has 9 nitrogen and oxygen atoms in total. The molecule has 4 rings (SSSR count). The molecule has 0 saturated carbocycles. The molecule has 0 aliphatic rings. The summed E-state index contributed by atoms with van der Waals surface area (Å²) in [5.41, 5.74) is 2.46. The highest BCUT2D eigenvalue weighted by Gasteiger charge is 2.17. The number of rotatable bonds is 8. The summed E-state index contributed by atoms with van der Waals surface area (Å²) in [6.45, 7) is 0. The summed E-state index contributed by atoms with van der Waals surface area (Å²) in [6.07, 6.45) is 0. The fourth-order valence-electron chi connectivity index (χ4n) is 2.77. The van der Waals surface area contributed by atoms with Gasteiger partial charge >= 0.3 is 6.01 Å². The average Bonchev–Trinajstić information content (AvgIpc) is 3.27. The largest absolute Gasteiger partial charge is 0.481 e. The van der Waals surface area contributed by atoms with E-state index < -0.39 is 10.0 Å². The number of nitrogens with zero attached hydrogens (tertiary/aromatic N) is 3. The molecule has 2 aromatic heterocycles. The van der Waals surface area contributed by atoms with Crippen LogP contribution >= 0.6 is 22.9 Å². The van der Waals surface area contributed by atoms with E-state index in [2.05, 4.69) is 25.0 Å². The molecule has 4 aromatic rings. The SMILES string of the molecule is COc1cc(NS(=O)(=O)c2ccc(Nc3nc(-c4ccc(Cl)cc4)cs3)cc2)nc(OC)n1. The van der Waals surface area contributed by atoms with Gasteiger partial charge in [-0.2, -0.15) is 9.97 Å². The molecule has 2 N–H and O–H groups in total. The Labute approximate surface area is 199 Å². The number of ether oxygens (including phenoxy) is 2. The van der Waals surface area contributed by atoms with E-state index >= 15 is 0 Å². The number of hydrogen-bond donors (Lipinski definition) is 2. The van der Waals surface area contributed by atoms with Crippen molar-refractivity contribution in [1.29, 1.82) is 0 Å². The molecule has 0 saturated heterocycles. The highest BCUT2D eigenvalue weighted by Crippen LogP contribution is 2.28. The van der Waals surface area contributed by atoms with Crippen molar-refractivity contribution in [1.82, 2.24) is 15.0 Å². The van der Waals surface area contributed by atoms with Crippen LogP contribution in [0.3, 0.4) is 0 Å². The third kappa shape index (κ3) is 5.51. The first-order valence-corrected chi connectivity index (χ1v) is 12.2. The summed E-state index contributed by atoms with van der Waals surface area (Å²) in [5, 5.41) is 6.44. The minimum absolute atomic E-state index is 0.0204. The van der Waals surface area contributed by atoms with Crippen LogP contribution in [0.2, 0.25) is 5.02 Å².